The molecule has 1 unspecified atom stereocenters. The number of rotatable bonds is 8. The molecule has 6 aliphatic rings. The summed E-state index contributed by atoms with van der Waals surface area (Å²) in [5, 5.41) is 20.1. The number of piperidine rings is 1. The number of fused-ring (bicyclic) bond motifs is 2. The van der Waals surface area contributed by atoms with Crippen LogP contribution in [0.2, 0.25) is 5.02 Å². The molecule has 0 spiro atoms. The molecule has 3 saturated carbocycles. The topological polar surface area (TPSA) is 98.9 Å². The van der Waals surface area contributed by atoms with Gasteiger partial charge in [0.2, 0.25) is 0 Å². The third-order valence-electron chi connectivity index (χ3n) is 11.1. The van der Waals surface area contributed by atoms with Crippen molar-refractivity contribution in [1.29, 1.82) is 0 Å². The number of aliphatic hydroxyl groups is 1. The lowest BCUT2D eigenvalue weighted by molar-refractivity contribution is -0.158. The fourth-order valence-corrected chi connectivity index (χ4v) is 9.26. The van der Waals surface area contributed by atoms with Crippen molar-refractivity contribution in [2.24, 2.45) is 11.3 Å². The molecule has 9 rings (SSSR count). The number of aliphatic carboxylic acids is 1. The summed E-state index contributed by atoms with van der Waals surface area (Å²) in [6, 6.07) is 11.4. The van der Waals surface area contributed by atoms with E-state index in [9.17, 15) is 19.8 Å². The van der Waals surface area contributed by atoms with Gasteiger partial charge in [-0.25, -0.2) is 9.78 Å². The quantitative estimate of drug-likeness (QED) is 0.375. The predicted octanol–water partition coefficient (Wildman–Crippen LogP) is 5.06. The number of imidazole rings is 1. The minimum Gasteiger partial charge on any atom is -0.479 e. The monoisotopic (exact) mass is 600 g/mol. The number of carbonyl (C=O) groups excluding carboxylic acids is 1. The zero-order valence-corrected chi connectivity index (χ0v) is 25.0. The van der Waals surface area contributed by atoms with Crippen LogP contribution in [-0.2, 0) is 29.7 Å². The van der Waals surface area contributed by atoms with Gasteiger partial charge in [0.15, 0.2) is 6.04 Å². The Morgan fingerprint density at radius 2 is 1.81 bits per heavy atom. The largest absolute Gasteiger partial charge is 0.479 e. The number of aromatic nitrogens is 2. The van der Waals surface area contributed by atoms with Gasteiger partial charge >= 0.3 is 5.97 Å². The first kappa shape index (κ1) is 27.4. The number of amides is 1. The van der Waals surface area contributed by atoms with E-state index in [0.29, 0.717) is 45.2 Å². The van der Waals surface area contributed by atoms with Gasteiger partial charge in [0, 0.05) is 48.1 Å². The van der Waals surface area contributed by atoms with Crippen LogP contribution in [0.1, 0.15) is 77.4 Å². The van der Waals surface area contributed by atoms with Gasteiger partial charge in [0.25, 0.3) is 5.91 Å². The average Bonchev–Trinajstić information content (AvgIpc) is 3.67. The highest BCUT2D eigenvalue weighted by Gasteiger charge is 2.68. The Kier molecular flexibility index (Phi) is 6.30. The van der Waals surface area contributed by atoms with Crippen LogP contribution in [-0.4, -0.2) is 67.7 Å². The van der Waals surface area contributed by atoms with Gasteiger partial charge in [0.1, 0.15) is 0 Å². The first-order valence-corrected chi connectivity index (χ1v) is 16.0. The van der Waals surface area contributed by atoms with Crippen LogP contribution >= 0.6 is 11.6 Å². The normalized spacial score (nSPS) is 27.0. The molecule has 2 aromatic carbocycles. The van der Waals surface area contributed by atoms with Crippen LogP contribution in [0.5, 0.6) is 0 Å². The minimum atomic E-state index is -1.14. The van der Waals surface area contributed by atoms with Crippen LogP contribution in [0.15, 0.2) is 42.7 Å². The van der Waals surface area contributed by atoms with Crippen molar-refractivity contribution in [2.45, 2.75) is 69.5 Å². The Hall–Kier alpha value is -3.20. The first-order valence-electron chi connectivity index (χ1n) is 15.6. The molecule has 9 heteroatoms. The van der Waals surface area contributed by atoms with Crippen molar-refractivity contribution in [3.8, 4) is 11.1 Å². The minimum absolute atomic E-state index is 0.152. The third kappa shape index (κ3) is 4.28. The molecule has 2 bridgehead atoms. The van der Waals surface area contributed by atoms with E-state index >= 15 is 0 Å². The first-order chi connectivity index (χ1) is 20.8. The predicted molar refractivity (Wildman–Crippen MR) is 162 cm³/mol. The lowest BCUT2D eigenvalue weighted by Gasteiger charge is -2.72. The molecular weight excluding hydrogens is 564 g/mol. The van der Waals surface area contributed by atoms with Gasteiger partial charge in [-0.3, -0.25) is 4.79 Å². The number of likely N-dealkylation sites (tertiary alicyclic amines) is 1. The SMILES string of the molecule is O=C(O)C(c1ncn2c1CCC2)N1Cc2c(Cl)cc(-c3ccc(C45CC(CN6CCC(CO)CC6)(C4)C5)cc3)cc2C1=O. The molecule has 1 amide bonds. The fraction of sp³-hybridized carbons (Fsp3) is 0.500. The number of carbonyl (C=O) groups is 2. The maximum absolute atomic E-state index is 13.7. The van der Waals surface area contributed by atoms with E-state index in [1.807, 2.05) is 16.7 Å². The van der Waals surface area contributed by atoms with Crippen molar-refractivity contribution in [3.63, 3.8) is 0 Å². The highest BCUT2D eigenvalue weighted by molar-refractivity contribution is 6.32. The second kappa shape index (κ2) is 9.91. The summed E-state index contributed by atoms with van der Waals surface area (Å²) in [4.78, 5) is 34.6. The maximum Gasteiger partial charge on any atom is 0.332 e. The Labute approximate surface area is 256 Å². The van der Waals surface area contributed by atoms with Crippen molar-refractivity contribution in [1.82, 2.24) is 19.4 Å². The number of hydrogen-bond donors (Lipinski definition) is 2. The highest BCUT2D eigenvalue weighted by atomic mass is 35.5. The maximum atomic E-state index is 13.7. The van der Waals surface area contributed by atoms with Gasteiger partial charge in [-0.05, 0) is 104 Å². The number of hydrogen-bond acceptors (Lipinski definition) is 5. The van der Waals surface area contributed by atoms with Gasteiger partial charge in [-0.15, -0.1) is 0 Å². The lowest BCUT2D eigenvalue weighted by Crippen LogP contribution is -2.68. The Morgan fingerprint density at radius 1 is 1.07 bits per heavy atom. The van der Waals surface area contributed by atoms with Crippen LogP contribution in [0.25, 0.3) is 11.1 Å². The molecule has 0 radical (unpaired) electrons. The van der Waals surface area contributed by atoms with Crippen LogP contribution < -0.4 is 0 Å². The summed E-state index contributed by atoms with van der Waals surface area (Å²) in [7, 11) is 0. The Balaban J connectivity index is 0.974. The molecule has 2 N–H and O–H groups in total. The molecule has 1 atom stereocenters. The van der Waals surface area contributed by atoms with E-state index in [1.165, 1.54) is 36.3 Å². The number of carboxylic acids is 1. The molecule has 224 valence electrons. The van der Waals surface area contributed by atoms with Crippen molar-refractivity contribution < 1.29 is 19.8 Å². The molecule has 8 nitrogen and oxygen atoms in total. The lowest BCUT2D eigenvalue weighted by atomic mass is 9.33. The van der Waals surface area contributed by atoms with Crippen molar-refractivity contribution >= 4 is 23.5 Å². The standard InChI is InChI=1S/C34H37ClN4O4/c35-27-13-23(12-25-26(27)14-39(31(25)41)30(32(42)43)29-28-2-1-9-38(28)20-36-29)22-3-5-24(6-4-22)34-16-33(17-34,18-34)19-37-10-7-21(15-40)8-11-37/h3-6,12-13,20-21,30,40H,1-2,7-11,14-19H2,(H,42,43). The Morgan fingerprint density at radius 3 is 2.51 bits per heavy atom. The van der Waals surface area contributed by atoms with Crippen LogP contribution in [0.3, 0.4) is 0 Å². The van der Waals surface area contributed by atoms with E-state index in [-0.39, 0.29) is 12.5 Å². The van der Waals surface area contributed by atoms with Gasteiger partial charge in [0.05, 0.1) is 12.0 Å². The molecule has 4 heterocycles. The number of aliphatic hydroxyl groups excluding tert-OH is 1. The summed E-state index contributed by atoms with van der Waals surface area (Å²) < 4.78 is 1.99. The molecule has 1 aromatic heterocycles. The summed E-state index contributed by atoms with van der Waals surface area (Å²) in [5.74, 6) is -0.915. The van der Waals surface area contributed by atoms with Crippen molar-refractivity contribution in [3.05, 3.63) is 75.8 Å². The molecule has 1 saturated heterocycles. The summed E-state index contributed by atoms with van der Waals surface area (Å²) >= 11 is 6.75. The highest BCUT2D eigenvalue weighted by Crippen LogP contribution is 2.73. The number of benzene rings is 2. The van der Waals surface area contributed by atoms with Gasteiger partial charge < -0.3 is 24.6 Å². The smallest absolute Gasteiger partial charge is 0.332 e. The molecule has 3 aromatic rings. The van der Waals surface area contributed by atoms with Crippen molar-refractivity contribution in [2.75, 3.05) is 26.2 Å². The number of carboxylic acid groups (broad SMARTS) is 1. The summed E-state index contributed by atoms with van der Waals surface area (Å²) in [6.45, 7) is 4.71. The summed E-state index contributed by atoms with van der Waals surface area (Å²) in [6.07, 6.45) is 9.38. The number of nitrogens with zero attached hydrogens (tertiary/aromatic N) is 4. The van der Waals surface area contributed by atoms with E-state index < -0.39 is 12.0 Å². The average molecular weight is 601 g/mol. The van der Waals surface area contributed by atoms with E-state index in [0.717, 1.165) is 62.1 Å². The third-order valence-corrected chi connectivity index (χ3v) is 11.4. The zero-order valence-electron chi connectivity index (χ0n) is 24.3. The Bertz CT molecular complexity index is 1600. The molecule has 3 aliphatic carbocycles. The number of aryl methyl sites for hydroxylation is 1. The second-order valence-electron chi connectivity index (χ2n) is 13.8. The van der Waals surface area contributed by atoms with Crippen LogP contribution in [0.4, 0.5) is 0 Å². The summed E-state index contributed by atoms with van der Waals surface area (Å²) in [5.41, 5.74) is 6.52. The molecule has 4 fully saturated rings. The second-order valence-corrected chi connectivity index (χ2v) is 14.2. The molecule has 3 aliphatic heterocycles. The van der Waals surface area contributed by atoms with E-state index in [2.05, 4.69) is 34.1 Å². The number of halogens is 1. The zero-order chi connectivity index (χ0) is 29.5. The molecular formula is C34H37ClN4O4. The van der Waals surface area contributed by atoms with E-state index in [1.54, 1.807) is 6.33 Å². The van der Waals surface area contributed by atoms with Gasteiger partial charge in [-0.1, -0.05) is 35.9 Å². The van der Waals surface area contributed by atoms with E-state index in [4.69, 9.17) is 11.6 Å². The van der Waals surface area contributed by atoms with Crippen LogP contribution in [0, 0.1) is 11.3 Å². The fourth-order valence-electron chi connectivity index (χ4n) is 8.98. The molecule has 43 heavy (non-hydrogen) atoms. The van der Waals surface area contributed by atoms with Gasteiger partial charge in [-0.2, -0.15) is 0 Å².